The van der Waals surface area contributed by atoms with E-state index >= 15 is 0 Å². The topological polar surface area (TPSA) is 20.2 Å². The van der Waals surface area contributed by atoms with Crippen molar-refractivity contribution < 1.29 is 13.9 Å². The third-order valence-electron chi connectivity index (χ3n) is 2.69. The lowest BCUT2D eigenvalue weighted by Crippen LogP contribution is -2.05. The molecule has 0 saturated carbocycles. The molecule has 94 valence electrons. The van der Waals surface area contributed by atoms with Crippen molar-refractivity contribution >= 4 is 22.6 Å². The molecule has 0 aliphatic carbocycles. The SMILES string of the molecule is OC(Cc1ccccc1F)c1ccc(F)cc1I. The standard InChI is InChI=1S/C14H11F2IO/c15-10-5-6-11(13(17)8-10)14(18)7-9-3-1-2-4-12(9)16/h1-6,8,14,18H,7H2. The molecule has 4 heteroatoms. The maximum absolute atomic E-state index is 13.5. The van der Waals surface area contributed by atoms with Gasteiger partial charge in [-0.05, 0) is 51.9 Å². The molecule has 0 heterocycles. The normalized spacial score (nSPS) is 12.4. The number of aliphatic hydroxyl groups excluding tert-OH is 1. The van der Waals surface area contributed by atoms with Crippen LogP contribution in [0, 0.1) is 15.2 Å². The summed E-state index contributed by atoms with van der Waals surface area (Å²) >= 11 is 1.96. The molecule has 0 aliphatic rings. The van der Waals surface area contributed by atoms with Gasteiger partial charge in [-0.1, -0.05) is 24.3 Å². The van der Waals surface area contributed by atoms with Crippen molar-refractivity contribution in [2.45, 2.75) is 12.5 Å². The van der Waals surface area contributed by atoms with Gasteiger partial charge in [-0.3, -0.25) is 0 Å². The summed E-state index contributed by atoms with van der Waals surface area (Å²) in [4.78, 5) is 0. The van der Waals surface area contributed by atoms with Crippen LogP contribution >= 0.6 is 22.6 Å². The Bertz CT molecular complexity index is 557. The highest BCUT2D eigenvalue weighted by molar-refractivity contribution is 14.1. The second-order valence-electron chi connectivity index (χ2n) is 3.98. The minimum atomic E-state index is -0.839. The molecular weight excluding hydrogens is 349 g/mol. The highest BCUT2D eigenvalue weighted by atomic mass is 127. The third-order valence-corrected chi connectivity index (χ3v) is 3.63. The zero-order valence-corrected chi connectivity index (χ0v) is 11.6. The molecule has 2 aromatic carbocycles. The van der Waals surface area contributed by atoms with E-state index in [-0.39, 0.29) is 18.1 Å². The highest BCUT2D eigenvalue weighted by Crippen LogP contribution is 2.24. The lowest BCUT2D eigenvalue weighted by Gasteiger charge is -2.13. The van der Waals surface area contributed by atoms with Crippen LogP contribution in [0.3, 0.4) is 0 Å². The molecule has 2 rings (SSSR count). The van der Waals surface area contributed by atoms with Crippen LogP contribution in [0.25, 0.3) is 0 Å². The first kappa shape index (κ1) is 13.4. The second kappa shape index (κ2) is 5.75. The van der Waals surface area contributed by atoms with Gasteiger partial charge in [0.1, 0.15) is 11.6 Å². The van der Waals surface area contributed by atoms with Gasteiger partial charge in [0.15, 0.2) is 0 Å². The maximum atomic E-state index is 13.5. The van der Waals surface area contributed by atoms with Crippen LogP contribution in [0.5, 0.6) is 0 Å². The van der Waals surface area contributed by atoms with Gasteiger partial charge in [-0.25, -0.2) is 8.78 Å². The minimum absolute atomic E-state index is 0.175. The molecule has 1 nitrogen and oxygen atoms in total. The van der Waals surface area contributed by atoms with Gasteiger partial charge >= 0.3 is 0 Å². The fraction of sp³-hybridized carbons (Fsp3) is 0.143. The molecule has 18 heavy (non-hydrogen) atoms. The first-order valence-corrected chi connectivity index (χ1v) is 6.52. The number of benzene rings is 2. The van der Waals surface area contributed by atoms with E-state index in [4.69, 9.17) is 0 Å². The Hall–Kier alpha value is -1.01. The number of aliphatic hydroxyl groups is 1. The predicted molar refractivity (Wildman–Crippen MR) is 74.2 cm³/mol. The quantitative estimate of drug-likeness (QED) is 0.825. The molecule has 0 aromatic heterocycles. The molecule has 1 N–H and O–H groups in total. The molecule has 2 aromatic rings. The van der Waals surface area contributed by atoms with E-state index < -0.39 is 6.10 Å². The summed E-state index contributed by atoms with van der Waals surface area (Å²) in [6.45, 7) is 0. The minimum Gasteiger partial charge on any atom is -0.388 e. The summed E-state index contributed by atoms with van der Waals surface area (Å²) in [5, 5.41) is 10.1. The molecule has 0 fully saturated rings. The van der Waals surface area contributed by atoms with E-state index in [1.54, 1.807) is 18.2 Å². The Morgan fingerprint density at radius 3 is 2.50 bits per heavy atom. The van der Waals surface area contributed by atoms with Gasteiger partial charge in [0.05, 0.1) is 6.10 Å². The van der Waals surface area contributed by atoms with Crippen LogP contribution in [-0.4, -0.2) is 5.11 Å². The Labute approximate surface area is 118 Å². The van der Waals surface area contributed by atoms with Crippen molar-refractivity contribution in [3.63, 3.8) is 0 Å². The van der Waals surface area contributed by atoms with Crippen molar-refractivity contribution in [3.05, 3.63) is 68.8 Å². The van der Waals surface area contributed by atoms with Crippen LogP contribution in [0.4, 0.5) is 8.78 Å². The molecule has 0 aliphatic heterocycles. The van der Waals surface area contributed by atoms with Crippen molar-refractivity contribution in [2.24, 2.45) is 0 Å². The molecule has 0 saturated heterocycles. The maximum Gasteiger partial charge on any atom is 0.126 e. The van der Waals surface area contributed by atoms with Gasteiger partial charge in [-0.15, -0.1) is 0 Å². The summed E-state index contributed by atoms with van der Waals surface area (Å²) in [6, 6.07) is 10.5. The largest absolute Gasteiger partial charge is 0.388 e. The third kappa shape index (κ3) is 3.05. The fourth-order valence-electron chi connectivity index (χ4n) is 1.75. The number of hydrogen-bond donors (Lipinski definition) is 1. The predicted octanol–water partition coefficient (Wildman–Crippen LogP) is 3.85. The first-order chi connectivity index (χ1) is 8.58. The van der Waals surface area contributed by atoms with Gasteiger partial charge in [0, 0.05) is 9.99 Å². The summed E-state index contributed by atoms with van der Waals surface area (Å²) < 4.78 is 27.0. The zero-order chi connectivity index (χ0) is 13.1. The average Bonchev–Trinajstić information content (AvgIpc) is 2.32. The van der Waals surface area contributed by atoms with E-state index in [9.17, 15) is 13.9 Å². The molecule has 0 bridgehead atoms. The van der Waals surface area contributed by atoms with Gasteiger partial charge in [-0.2, -0.15) is 0 Å². The van der Waals surface area contributed by atoms with Crippen LogP contribution in [0.2, 0.25) is 0 Å². The molecule has 0 amide bonds. The van der Waals surface area contributed by atoms with Crippen LogP contribution in [0.15, 0.2) is 42.5 Å². The smallest absolute Gasteiger partial charge is 0.126 e. The van der Waals surface area contributed by atoms with E-state index in [1.807, 2.05) is 22.6 Å². The molecule has 1 unspecified atom stereocenters. The Morgan fingerprint density at radius 2 is 1.83 bits per heavy atom. The Kier molecular flexibility index (Phi) is 4.29. The molecular formula is C14H11F2IO. The van der Waals surface area contributed by atoms with E-state index in [0.717, 1.165) is 0 Å². The van der Waals surface area contributed by atoms with E-state index in [2.05, 4.69) is 0 Å². The zero-order valence-electron chi connectivity index (χ0n) is 9.41. The van der Waals surface area contributed by atoms with Crippen molar-refractivity contribution in [1.29, 1.82) is 0 Å². The highest BCUT2D eigenvalue weighted by Gasteiger charge is 2.14. The van der Waals surface area contributed by atoms with Crippen molar-refractivity contribution in [2.75, 3.05) is 0 Å². The Morgan fingerprint density at radius 1 is 1.11 bits per heavy atom. The molecule has 1 atom stereocenters. The fourth-order valence-corrected chi connectivity index (χ4v) is 2.59. The van der Waals surface area contributed by atoms with Crippen LogP contribution < -0.4 is 0 Å². The average molecular weight is 360 g/mol. The number of halogens is 3. The van der Waals surface area contributed by atoms with Gasteiger partial charge in [0.2, 0.25) is 0 Å². The summed E-state index contributed by atoms with van der Waals surface area (Å²) in [6.07, 6.45) is -0.664. The van der Waals surface area contributed by atoms with Crippen molar-refractivity contribution in [1.82, 2.24) is 0 Å². The second-order valence-corrected chi connectivity index (χ2v) is 5.14. The Balaban J connectivity index is 2.22. The van der Waals surface area contributed by atoms with E-state index in [1.165, 1.54) is 24.3 Å². The monoisotopic (exact) mass is 360 g/mol. The summed E-state index contributed by atoms with van der Waals surface area (Å²) in [5.74, 6) is -0.685. The van der Waals surface area contributed by atoms with Crippen molar-refractivity contribution in [3.8, 4) is 0 Å². The van der Waals surface area contributed by atoms with E-state index in [0.29, 0.717) is 14.7 Å². The number of rotatable bonds is 3. The summed E-state index contributed by atoms with van der Waals surface area (Å²) in [5.41, 5.74) is 1.06. The van der Waals surface area contributed by atoms with Crippen LogP contribution in [-0.2, 0) is 6.42 Å². The lowest BCUT2D eigenvalue weighted by molar-refractivity contribution is 0.176. The summed E-state index contributed by atoms with van der Waals surface area (Å²) in [7, 11) is 0. The molecule has 0 spiro atoms. The first-order valence-electron chi connectivity index (χ1n) is 5.44. The van der Waals surface area contributed by atoms with Gasteiger partial charge in [0.25, 0.3) is 0 Å². The molecule has 0 radical (unpaired) electrons. The lowest BCUT2D eigenvalue weighted by atomic mass is 10.0. The number of hydrogen-bond acceptors (Lipinski definition) is 1. The van der Waals surface area contributed by atoms with Crippen LogP contribution in [0.1, 0.15) is 17.2 Å². The van der Waals surface area contributed by atoms with Gasteiger partial charge < -0.3 is 5.11 Å².